The molecule has 4 aromatic rings. The van der Waals surface area contributed by atoms with Crippen LogP contribution >= 0.6 is 11.8 Å². The van der Waals surface area contributed by atoms with Gasteiger partial charge in [0.15, 0.2) is 6.29 Å². The Balaban J connectivity index is 1.40. The molecule has 1 saturated carbocycles. The maximum absolute atomic E-state index is 11.9. The summed E-state index contributed by atoms with van der Waals surface area (Å²) in [6, 6.07) is 26.0. The number of carbonyl (C=O) groups excluding carboxylic acids is 1. The number of unbranched alkanes of at least 4 members (excludes halogenated alkanes) is 2. The lowest BCUT2D eigenvalue weighted by Gasteiger charge is -2.58. The molecule has 1 heterocycles. The number of thioether (sulfide) groups is 1. The van der Waals surface area contributed by atoms with E-state index < -0.39 is 5.79 Å². The molecule has 1 aliphatic heterocycles. The lowest BCUT2D eigenvalue weighted by Crippen LogP contribution is -2.64. The van der Waals surface area contributed by atoms with E-state index in [0.29, 0.717) is 35.7 Å². The van der Waals surface area contributed by atoms with Gasteiger partial charge in [-0.25, -0.2) is 0 Å². The molecule has 2 N–H and O–H groups in total. The summed E-state index contributed by atoms with van der Waals surface area (Å²) in [5.41, 5.74) is 3.34. The van der Waals surface area contributed by atoms with Gasteiger partial charge in [0.2, 0.25) is 5.79 Å². The molecule has 294 valence electrons. The number of aliphatic hydroxyl groups is 2. The number of nitrogens with zero attached hydrogens (tertiary/aromatic N) is 1. The molecule has 1 fully saturated rings. The van der Waals surface area contributed by atoms with Crippen LogP contribution in [0.1, 0.15) is 66.8 Å². The highest BCUT2D eigenvalue weighted by molar-refractivity contribution is 8.00. The topological polar surface area (TPSA) is 116 Å². The van der Waals surface area contributed by atoms with E-state index in [2.05, 4.69) is 61.2 Å². The molecule has 4 aromatic carbocycles. The van der Waals surface area contributed by atoms with E-state index in [1.165, 1.54) is 12.5 Å². The Morgan fingerprint density at radius 2 is 1.70 bits per heavy atom. The van der Waals surface area contributed by atoms with Crippen LogP contribution in [0.15, 0.2) is 113 Å². The smallest absolute Gasteiger partial charge is 0.231 e. The minimum atomic E-state index is -1.11. The standard InChI is InChI=1S/C46H51NO8S/c1-4-23-53-46-43(56-36-18-15-30-11-5-6-12-31(30)25-36)28-40(47-52-3)38-26-32(13-7-9-21-48)37(14-8-10-22-49)44(45(38)46)39-27-35(17-20-42(39)55-46)54-34-16-19-41(51-2)33(24-34)29-50/h4-6,11-12,15-20,24-27,29,32,37,43-45,48-49H,1,7-10,13-14,21-23,28H2,2-3H3. The number of fused-ring (bicyclic) bond motifs is 3. The van der Waals surface area contributed by atoms with Crippen LogP contribution < -0.4 is 14.2 Å². The van der Waals surface area contributed by atoms with Crippen molar-refractivity contribution in [3.8, 4) is 23.0 Å². The zero-order chi connectivity index (χ0) is 39.1. The summed E-state index contributed by atoms with van der Waals surface area (Å²) in [4.78, 5) is 18.5. The number of hydrogen-bond acceptors (Lipinski definition) is 10. The minimum Gasteiger partial charge on any atom is -0.496 e. The van der Waals surface area contributed by atoms with E-state index in [4.69, 9.17) is 28.9 Å². The normalized spacial score (nSPS) is 24.4. The second-order valence-corrected chi connectivity index (χ2v) is 16.0. The summed E-state index contributed by atoms with van der Waals surface area (Å²) in [7, 11) is 3.13. The molecule has 6 unspecified atom stereocenters. The average molecular weight is 778 g/mol. The molecule has 3 aliphatic rings. The third kappa shape index (κ3) is 7.98. The van der Waals surface area contributed by atoms with Crippen molar-refractivity contribution < 1.29 is 38.8 Å². The van der Waals surface area contributed by atoms with Gasteiger partial charge in [0.25, 0.3) is 0 Å². The molecule has 0 amide bonds. The van der Waals surface area contributed by atoms with Gasteiger partial charge in [0.05, 0.1) is 36.2 Å². The molecule has 0 saturated heterocycles. The predicted octanol–water partition coefficient (Wildman–Crippen LogP) is 9.51. The van der Waals surface area contributed by atoms with Gasteiger partial charge < -0.3 is 34.0 Å². The fourth-order valence-corrected chi connectivity index (χ4v) is 10.3. The van der Waals surface area contributed by atoms with E-state index in [1.54, 1.807) is 43.1 Å². The quantitative estimate of drug-likeness (QED) is 0.0441. The first-order valence-corrected chi connectivity index (χ1v) is 20.4. The molecular weight excluding hydrogens is 727 g/mol. The Morgan fingerprint density at radius 1 is 0.929 bits per heavy atom. The van der Waals surface area contributed by atoms with Crippen molar-refractivity contribution in [2.45, 2.75) is 66.8 Å². The SMILES string of the molecule is C=CCOC12Oc3ccc(Oc4ccc(OC)c(C=O)c4)cc3C3C(CCCCO)C(CCCCO)C=C(C(=NOC)CC1Sc1ccc4ccccc4c1)C32. The summed E-state index contributed by atoms with van der Waals surface area (Å²) < 4.78 is 26.2. The zero-order valence-electron chi connectivity index (χ0n) is 32.1. The number of ether oxygens (including phenoxy) is 4. The van der Waals surface area contributed by atoms with Crippen LogP contribution in [0.3, 0.4) is 0 Å². The molecule has 6 atom stereocenters. The number of aldehydes is 1. The van der Waals surface area contributed by atoms with Crippen molar-refractivity contribution in [3.63, 3.8) is 0 Å². The summed E-state index contributed by atoms with van der Waals surface area (Å²) >= 11 is 1.74. The van der Waals surface area contributed by atoms with Crippen molar-refractivity contribution in [3.05, 3.63) is 114 Å². The molecule has 10 heteroatoms. The van der Waals surface area contributed by atoms with Crippen LogP contribution in [-0.2, 0) is 9.57 Å². The van der Waals surface area contributed by atoms with Crippen molar-refractivity contribution in [1.29, 1.82) is 0 Å². The summed E-state index contributed by atoms with van der Waals surface area (Å²) in [6.07, 6.45) is 10.4. The summed E-state index contributed by atoms with van der Waals surface area (Å²) in [6.45, 7) is 4.59. The molecule has 0 spiro atoms. The van der Waals surface area contributed by atoms with Gasteiger partial charge >= 0.3 is 0 Å². The van der Waals surface area contributed by atoms with Crippen LogP contribution in [0.5, 0.6) is 23.0 Å². The van der Waals surface area contributed by atoms with Gasteiger partial charge in [-0.15, -0.1) is 18.3 Å². The highest BCUT2D eigenvalue weighted by Gasteiger charge is 2.64. The van der Waals surface area contributed by atoms with Gasteiger partial charge in [-0.1, -0.05) is 60.5 Å². The van der Waals surface area contributed by atoms with Crippen LogP contribution in [-0.4, -0.2) is 67.3 Å². The highest BCUT2D eigenvalue weighted by Crippen LogP contribution is 2.63. The van der Waals surface area contributed by atoms with Crippen LogP contribution in [0, 0.1) is 17.8 Å². The number of oxime groups is 1. The molecule has 0 radical (unpaired) electrons. The third-order valence-electron chi connectivity index (χ3n) is 11.4. The molecule has 0 aromatic heterocycles. The van der Waals surface area contributed by atoms with Gasteiger partial charge in [-0.3, -0.25) is 4.79 Å². The van der Waals surface area contributed by atoms with E-state index in [0.717, 1.165) is 71.3 Å². The van der Waals surface area contributed by atoms with E-state index in [1.807, 2.05) is 12.1 Å². The number of benzene rings is 4. The summed E-state index contributed by atoms with van der Waals surface area (Å²) in [5.74, 6) is 1.16. The molecular formula is C46H51NO8S. The highest BCUT2D eigenvalue weighted by atomic mass is 32.2. The lowest BCUT2D eigenvalue weighted by atomic mass is 9.56. The Morgan fingerprint density at radius 3 is 2.45 bits per heavy atom. The second kappa shape index (κ2) is 18.1. The number of aliphatic hydroxyl groups excluding tert-OH is 2. The third-order valence-corrected chi connectivity index (χ3v) is 12.7. The largest absolute Gasteiger partial charge is 0.496 e. The second-order valence-electron chi connectivity index (χ2n) is 14.7. The maximum Gasteiger partial charge on any atom is 0.231 e. The van der Waals surface area contributed by atoms with Crippen molar-refractivity contribution in [2.24, 2.45) is 22.9 Å². The van der Waals surface area contributed by atoms with Gasteiger partial charge in [-0.2, -0.15) is 0 Å². The Kier molecular flexibility index (Phi) is 12.8. The molecule has 9 nitrogen and oxygen atoms in total. The molecule has 7 rings (SSSR count). The molecule has 56 heavy (non-hydrogen) atoms. The Hall–Kier alpha value is -4.61. The van der Waals surface area contributed by atoms with Gasteiger partial charge in [0.1, 0.15) is 30.1 Å². The van der Waals surface area contributed by atoms with Crippen molar-refractivity contribution in [1.82, 2.24) is 0 Å². The number of methoxy groups -OCH3 is 1. The van der Waals surface area contributed by atoms with Crippen LogP contribution in [0.2, 0.25) is 0 Å². The average Bonchev–Trinajstić information content (AvgIpc) is 3.22. The zero-order valence-corrected chi connectivity index (χ0v) is 32.9. The van der Waals surface area contributed by atoms with E-state index in [-0.39, 0.29) is 48.7 Å². The minimum absolute atomic E-state index is 0.0894. The number of carbonyl (C=O) groups is 1. The fraction of sp³-hybridized carbons (Fsp3) is 0.391. The Labute approximate surface area is 333 Å². The van der Waals surface area contributed by atoms with E-state index >= 15 is 0 Å². The monoisotopic (exact) mass is 777 g/mol. The van der Waals surface area contributed by atoms with Gasteiger partial charge in [0, 0.05) is 36.0 Å². The van der Waals surface area contributed by atoms with Crippen LogP contribution in [0.25, 0.3) is 10.8 Å². The van der Waals surface area contributed by atoms with Crippen LogP contribution in [0.4, 0.5) is 0 Å². The van der Waals surface area contributed by atoms with Crippen molar-refractivity contribution in [2.75, 3.05) is 34.0 Å². The first-order valence-electron chi connectivity index (χ1n) is 19.5. The first-order chi connectivity index (χ1) is 27.5. The van der Waals surface area contributed by atoms with E-state index in [9.17, 15) is 15.0 Å². The number of rotatable bonds is 18. The van der Waals surface area contributed by atoms with Crippen molar-refractivity contribution >= 4 is 34.5 Å². The first kappa shape index (κ1) is 39.6. The predicted molar refractivity (Wildman–Crippen MR) is 220 cm³/mol. The number of allylic oxidation sites excluding steroid dienone is 1. The Bertz CT molecular complexity index is 2080. The van der Waals surface area contributed by atoms with Gasteiger partial charge in [-0.05, 0) is 102 Å². The molecule has 2 aliphatic carbocycles. The summed E-state index contributed by atoms with van der Waals surface area (Å²) in [5, 5.41) is 26.5. The fourth-order valence-electron chi connectivity index (χ4n) is 9.01. The number of hydrogen-bond donors (Lipinski definition) is 2. The maximum atomic E-state index is 11.9. The molecule has 0 bridgehead atoms. The lowest BCUT2D eigenvalue weighted by molar-refractivity contribution is -0.223.